The Morgan fingerprint density at radius 3 is 1.74 bits per heavy atom. The zero-order valence-corrected chi connectivity index (χ0v) is 11.6. The van der Waals surface area contributed by atoms with E-state index in [4.69, 9.17) is 0 Å². The zero-order chi connectivity index (χ0) is 14.7. The van der Waals surface area contributed by atoms with Gasteiger partial charge >= 0.3 is 0 Å². The maximum atomic E-state index is 11.5. The normalized spacial score (nSPS) is 10.1. The minimum Gasteiger partial charge on any atom is -0.507 e. The highest BCUT2D eigenvalue weighted by Crippen LogP contribution is 2.35. The Morgan fingerprint density at radius 1 is 1.00 bits per heavy atom. The summed E-state index contributed by atoms with van der Waals surface area (Å²) in [6.07, 6.45) is 2.07. The summed E-state index contributed by atoms with van der Waals surface area (Å²) in [6, 6.07) is 1.24. The molecule has 1 aromatic carbocycles. The molecule has 1 rings (SSSR count). The summed E-state index contributed by atoms with van der Waals surface area (Å²) in [4.78, 5) is 22.9. The van der Waals surface area contributed by atoms with Crippen LogP contribution in [0.2, 0.25) is 0 Å². The van der Waals surface area contributed by atoms with Gasteiger partial charge in [0, 0.05) is 5.56 Å². The van der Waals surface area contributed by atoms with Gasteiger partial charge < -0.3 is 10.2 Å². The maximum Gasteiger partial charge on any atom is 0.163 e. The van der Waals surface area contributed by atoms with Gasteiger partial charge in [0.25, 0.3) is 0 Å². The van der Waals surface area contributed by atoms with Crippen molar-refractivity contribution in [2.75, 3.05) is 0 Å². The van der Waals surface area contributed by atoms with Crippen LogP contribution in [0.1, 0.15) is 54.0 Å². The van der Waals surface area contributed by atoms with E-state index in [-0.39, 0.29) is 46.2 Å². The molecule has 0 amide bonds. The van der Waals surface area contributed by atoms with Gasteiger partial charge in [-0.2, -0.15) is 0 Å². The third kappa shape index (κ3) is 3.22. The minimum absolute atomic E-state index is 0.0557. The van der Waals surface area contributed by atoms with E-state index in [1.807, 2.05) is 19.9 Å². The minimum atomic E-state index is -0.349. The first-order chi connectivity index (χ1) is 8.75. The van der Waals surface area contributed by atoms with Crippen molar-refractivity contribution in [1.82, 2.24) is 0 Å². The van der Waals surface area contributed by atoms with Crippen molar-refractivity contribution < 1.29 is 19.8 Å². The van der Waals surface area contributed by atoms with Crippen molar-refractivity contribution in [3.63, 3.8) is 0 Å². The number of benzene rings is 1. The second kappa shape index (κ2) is 5.69. The molecule has 0 radical (unpaired) electrons. The molecule has 0 aromatic heterocycles. The molecule has 4 heteroatoms. The molecule has 0 aliphatic rings. The molecule has 0 aliphatic carbocycles. The molecule has 4 nitrogen and oxygen atoms in total. The summed E-state index contributed by atoms with van der Waals surface area (Å²) in [7, 11) is 0. The smallest absolute Gasteiger partial charge is 0.163 e. The first-order valence-electron chi connectivity index (χ1n) is 5.98. The molecule has 0 spiro atoms. The lowest BCUT2D eigenvalue weighted by Gasteiger charge is -2.12. The maximum absolute atomic E-state index is 11.5. The van der Waals surface area contributed by atoms with Crippen LogP contribution < -0.4 is 0 Å². The standard InChI is InChI=1S/C15H18O4/c1-8(2)5-6-11-14(18)12(9(3)16)7-13(10(4)17)15(11)19/h5,7,18-19H,6H2,1-4H3. The van der Waals surface area contributed by atoms with Crippen LogP contribution in [-0.4, -0.2) is 21.8 Å². The predicted molar refractivity (Wildman–Crippen MR) is 72.9 cm³/mol. The van der Waals surface area contributed by atoms with Crippen LogP contribution in [-0.2, 0) is 6.42 Å². The number of phenols is 2. The van der Waals surface area contributed by atoms with Crippen LogP contribution in [0.15, 0.2) is 17.7 Å². The Labute approximate surface area is 112 Å². The second-order valence-corrected chi connectivity index (χ2v) is 4.75. The number of hydrogen-bond donors (Lipinski definition) is 2. The van der Waals surface area contributed by atoms with Crippen molar-refractivity contribution in [1.29, 1.82) is 0 Å². The molecule has 19 heavy (non-hydrogen) atoms. The molecule has 0 heterocycles. The Morgan fingerprint density at radius 2 is 1.42 bits per heavy atom. The number of phenolic OH excluding ortho intramolecular Hbond substituents is 2. The molecular formula is C15H18O4. The third-order valence-corrected chi connectivity index (χ3v) is 2.84. The van der Waals surface area contributed by atoms with Gasteiger partial charge in [-0.25, -0.2) is 0 Å². The first kappa shape index (κ1) is 15.0. The van der Waals surface area contributed by atoms with Crippen LogP contribution in [0.4, 0.5) is 0 Å². The predicted octanol–water partition coefficient (Wildman–Crippen LogP) is 3.01. The SMILES string of the molecule is CC(=O)c1cc(C(C)=O)c(O)c(CC=C(C)C)c1O. The van der Waals surface area contributed by atoms with Crippen LogP contribution in [0.25, 0.3) is 0 Å². The lowest BCUT2D eigenvalue weighted by Crippen LogP contribution is -2.03. The first-order valence-corrected chi connectivity index (χ1v) is 5.98. The molecule has 102 valence electrons. The van der Waals surface area contributed by atoms with Crippen molar-refractivity contribution in [3.8, 4) is 11.5 Å². The van der Waals surface area contributed by atoms with Crippen LogP contribution in [0, 0.1) is 0 Å². The van der Waals surface area contributed by atoms with E-state index in [2.05, 4.69) is 0 Å². The summed E-state index contributed by atoms with van der Waals surface area (Å²) in [5.41, 5.74) is 1.33. The van der Waals surface area contributed by atoms with Crippen molar-refractivity contribution in [3.05, 3.63) is 34.4 Å². The van der Waals surface area contributed by atoms with Gasteiger partial charge in [-0.3, -0.25) is 9.59 Å². The number of carbonyl (C=O) groups is 2. The summed E-state index contributed by atoms with van der Waals surface area (Å²) in [6.45, 7) is 6.38. The average Bonchev–Trinajstić information content (AvgIpc) is 2.27. The lowest BCUT2D eigenvalue weighted by atomic mass is 9.96. The number of carbonyl (C=O) groups excluding carboxylic acids is 2. The molecule has 0 fully saturated rings. The Bertz CT molecular complexity index is 526. The fourth-order valence-corrected chi connectivity index (χ4v) is 1.75. The molecule has 0 saturated carbocycles. The van der Waals surface area contributed by atoms with Gasteiger partial charge in [-0.15, -0.1) is 0 Å². The lowest BCUT2D eigenvalue weighted by molar-refractivity contribution is 0.101. The molecule has 0 unspecified atom stereocenters. The summed E-state index contributed by atoms with van der Waals surface area (Å²) in [5.74, 6) is -1.21. The van der Waals surface area contributed by atoms with Gasteiger partial charge in [0.15, 0.2) is 11.6 Å². The third-order valence-electron chi connectivity index (χ3n) is 2.84. The van der Waals surface area contributed by atoms with E-state index in [0.717, 1.165) is 5.57 Å². The molecule has 0 aliphatic heterocycles. The highest BCUT2D eigenvalue weighted by molar-refractivity contribution is 6.03. The number of rotatable bonds is 4. The van der Waals surface area contributed by atoms with E-state index in [9.17, 15) is 19.8 Å². The Kier molecular flexibility index (Phi) is 4.48. The zero-order valence-electron chi connectivity index (χ0n) is 11.6. The van der Waals surface area contributed by atoms with E-state index in [1.54, 1.807) is 0 Å². The number of hydrogen-bond acceptors (Lipinski definition) is 4. The van der Waals surface area contributed by atoms with Crippen LogP contribution >= 0.6 is 0 Å². The number of Topliss-reactive ketones (excluding diaryl/α,β-unsaturated/α-hetero) is 2. The molecule has 0 saturated heterocycles. The van der Waals surface area contributed by atoms with Gasteiger partial charge in [0.2, 0.25) is 0 Å². The molecule has 0 atom stereocenters. The number of allylic oxidation sites excluding steroid dienone is 2. The monoisotopic (exact) mass is 262 g/mol. The van der Waals surface area contributed by atoms with Gasteiger partial charge in [-0.05, 0) is 40.2 Å². The topological polar surface area (TPSA) is 74.6 Å². The van der Waals surface area contributed by atoms with Crippen LogP contribution in [0.3, 0.4) is 0 Å². The molecule has 2 N–H and O–H groups in total. The molecular weight excluding hydrogens is 244 g/mol. The number of ketones is 2. The van der Waals surface area contributed by atoms with Crippen molar-refractivity contribution in [2.45, 2.75) is 34.1 Å². The highest BCUT2D eigenvalue weighted by atomic mass is 16.3. The van der Waals surface area contributed by atoms with E-state index in [1.165, 1.54) is 19.9 Å². The highest BCUT2D eigenvalue weighted by Gasteiger charge is 2.20. The van der Waals surface area contributed by atoms with Crippen molar-refractivity contribution in [2.24, 2.45) is 0 Å². The fourth-order valence-electron chi connectivity index (χ4n) is 1.75. The fraction of sp³-hybridized carbons (Fsp3) is 0.333. The van der Waals surface area contributed by atoms with E-state index < -0.39 is 0 Å². The van der Waals surface area contributed by atoms with Gasteiger partial charge in [0.1, 0.15) is 11.5 Å². The summed E-state index contributed by atoms with van der Waals surface area (Å²) < 4.78 is 0. The van der Waals surface area contributed by atoms with Gasteiger partial charge in [0.05, 0.1) is 11.1 Å². The Hall–Kier alpha value is -2.10. The van der Waals surface area contributed by atoms with E-state index >= 15 is 0 Å². The molecule has 0 bridgehead atoms. The quantitative estimate of drug-likeness (QED) is 0.646. The summed E-state index contributed by atoms with van der Waals surface area (Å²) in [5, 5.41) is 20.1. The van der Waals surface area contributed by atoms with Crippen LogP contribution in [0.5, 0.6) is 11.5 Å². The van der Waals surface area contributed by atoms with Crippen molar-refractivity contribution >= 4 is 11.6 Å². The second-order valence-electron chi connectivity index (χ2n) is 4.75. The largest absolute Gasteiger partial charge is 0.507 e. The number of aromatic hydroxyl groups is 2. The summed E-state index contributed by atoms with van der Waals surface area (Å²) >= 11 is 0. The van der Waals surface area contributed by atoms with E-state index in [0.29, 0.717) is 0 Å². The van der Waals surface area contributed by atoms with Gasteiger partial charge in [-0.1, -0.05) is 11.6 Å². The Balaban J connectivity index is 3.54. The average molecular weight is 262 g/mol. The molecule has 1 aromatic rings.